The Morgan fingerprint density at radius 3 is 2.52 bits per heavy atom. The second-order valence-corrected chi connectivity index (χ2v) is 14.9. The highest BCUT2D eigenvalue weighted by molar-refractivity contribution is 7.91. The fourth-order valence-corrected chi connectivity index (χ4v) is 6.87. The van der Waals surface area contributed by atoms with Gasteiger partial charge in [-0.1, -0.05) is 26.8 Å². The third-order valence-electron chi connectivity index (χ3n) is 8.55. The first kappa shape index (κ1) is 31.6. The van der Waals surface area contributed by atoms with Crippen LogP contribution in [0.1, 0.15) is 52.3 Å². The lowest BCUT2D eigenvalue weighted by Gasteiger charge is -2.33. The van der Waals surface area contributed by atoms with Gasteiger partial charge < -0.3 is 25.4 Å². The summed E-state index contributed by atoms with van der Waals surface area (Å²) in [5.74, 6) is -1.000. The van der Waals surface area contributed by atoms with Crippen LogP contribution in [0.4, 0.5) is 0 Å². The number of nitrogens with one attached hydrogen (secondary N) is 2. The van der Waals surface area contributed by atoms with Crippen LogP contribution in [0.25, 0.3) is 10.9 Å². The zero-order chi connectivity index (χ0) is 32.2. The number of sulfonamides is 1. The van der Waals surface area contributed by atoms with Crippen molar-refractivity contribution in [3.8, 4) is 11.6 Å². The average Bonchev–Trinajstić information content (AvgIpc) is 3.88. The summed E-state index contributed by atoms with van der Waals surface area (Å²) in [6.07, 6.45) is 2.09. The van der Waals surface area contributed by atoms with E-state index in [1.54, 1.807) is 32.2 Å². The van der Waals surface area contributed by atoms with E-state index in [9.17, 15) is 22.8 Å². The summed E-state index contributed by atoms with van der Waals surface area (Å²) < 4.78 is 38.9. The maximum absolute atomic E-state index is 13.9. The number of amides is 3. The summed E-state index contributed by atoms with van der Waals surface area (Å²) in [5.41, 5.74) is 4.90. The van der Waals surface area contributed by atoms with E-state index in [0.29, 0.717) is 35.3 Å². The number of hydrogen-bond donors (Lipinski definition) is 3. The van der Waals surface area contributed by atoms with Crippen LogP contribution >= 0.6 is 0 Å². The maximum Gasteiger partial charge on any atom is 0.259 e. The second kappa shape index (κ2) is 11.3. The van der Waals surface area contributed by atoms with Crippen molar-refractivity contribution in [3.63, 3.8) is 0 Å². The van der Waals surface area contributed by atoms with E-state index in [2.05, 4.69) is 26.6 Å². The molecule has 1 saturated heterocycles. The molecule has 14 heteroatoms. The van der Waals surface area contributed by atoms with Crippen molar-refractivity contribution >= 4 is 38.6 Å². The largest absolute Gasteiger partial charge is 0.497 e. The molecule has 0 bridgehead atoms. The molecular weight excluding hydrogens is 588 g/mol. The van der Waals surface area contributed by atoms with Crippen molar-refractivity contribution in [2.24, 2.45) is 17.1 Å². The molecule has 1 aromatic carbocycles. The van der Waals surface area contributed by atoms with Crippen LogP contribution in [0.3, 0.4) is 0 Å². The van der Waals surface area contributed by atoms with Gasteiger partial charge in [-0.05, 0) is 49.8 Å². The van der Waals surface area contributed by atoms with Crippen molar-refractivity contribution in [2.75, 3.05) is 13.7 Å². The number of nitrogens with zero attached hydrogens (tertiary/aromatic N) is 3. The first-order chi connectivity index (χ1) is 20.6. The molecule has 3 amide bonds. The number of aromatic nitrogens is 2. The molecule has 44 heavy (non-hydrogen) atoms. The summed E-state index contributed by atoms with van der Waals surface area (Å²) in [7, 11) is -2.30. The van der Waals surface area contributed by atoms with Crippen molar-refractivity contribution in [2.45, 2.75) is 82.4 Å². The molecule has 238 valence electrons. The molecule has 5 atom stereocenters. The Labute approximate surface area is 257 Å². The van der Waals surface area contributed by atoms with Crippen molar-refractivity contribution in [1.82, 2.24) is 24.9 Å². The molecule has 1 aromatic heterocycles. The van der Waals surface area contributed by atoms with Crippen LogP contribution in [0.15, 0.2) is 30.9 Å². The molecule has 0 unspecified atom stereocenters. The maximum atomic E-state index is 13.9. The van der Waals surface area contributed by atoms with Crippen LogP contribution < -0.4 is 25.2 Å². The topological polar surface area (TPSA) is 183 Å². The average molecular weight is 629 g/mol. The molecule has 2 heterocycles. The van der Waals surface area contributed by atoms with Crippen LogP contribution in [0.2, 0.25) is 0 Å². The van der Waals surface area contributed by atoms with Crippen LogP contribution in [0, 0.1) is 18.3 Å². The SMILES string of the molecule is C=C[C@@H]1C[C@]1(NC(=O)[C@@H]1C[C@@H](Oc2nc(C)nc3ccc(OC)cc23)CN1C(=O)[C@@H](N)C(C)(C)C)C(=O)NS(=O)(=O)C1CC1. The van der Waals surface area contributed by atoms with Crippen LogP contribution in [-0.4, -0.2) is 83.6 Å². The first-order valence-electron chi connectivity index (χ1n) is 14.7. The van der Waals surface area contributed by atoms with Gasteiger partial charge in [0.15, 0.2) is 0 Å². The Bertz CT molecular complexity index is 1620. The molecule has 2 aliphatic carbocycles. The number of carbonyl (C=O) groups excluding carboxylic acids is 3. The third kappa shape index (κ3) is 6.09. The minimum absolute atomic E-state index is 0.0371. The number of hydrogen-bond acceptors (Lipinski definition) is 10. The minimum Gasteiger partial charge on any atom is -0.497 e. The third-order valence-corrected chi connectivity index (χ3v) is 10.4. The molecule has 4 N–H and O–H groups in total. The van der Waals surface area contributed by atoms with E-state index in [0.717, 1.165) is 0 Å². The number of nitrogens with two attached hydrogens (primary N) is 1. The summed E-state index contributed by atoms with van der Waals surface area (Å²) in [5, 5.41) is 2.77. The zero-order valence-corrected chi connectivity index (χ0v) is 26.4. The lowest BCUT2D eigenvalue weighted by molar-refractivity contribution is -0.142. The summed E-state index contributed by atoms with van der Waals surface area (Å²) in [4.78, 5) is 51.2. The summed E-state index contributed by atoms with van der Waals surface area (Å²) in [6.45, 7) is 11.0. The van der Waals surface area contributed by atoms with Crippen molar-refractivity contribution in [1.29, 1.82) is 0 Å². The highest BCUT2D eigenvalue weighted by Crippen LogP contribution is 2.45. The molecule has 0 spiro atoms. The predicted octanol–water partition coefficient (Wildman–Crippen LogP) is 1.34. The molecule has 2 saturated carbocycles. The number of rotatable bonds is 10. The number of ether oxygens (including phenoxy) is 2. The standard InChI is InChI=1S/C30H40N6O7S/c1-7-17-14-30(17,28(39)35-44(40,41)20-9-10-20)34-25(37)23-13-19(15-36(23)27(38)24(31)29(3,4)5)43-26-21-12-18(42-6)8-11-22(21)32-16(2)33-26/h7-8,11-12,17,19-20,23-24H,1,9-10,13-15,31H2,2-6H3,(H,34,37)(H,35,39)/t17-,19-,23+,24-,30-/m1/s1. The lowest BCUT2D eigenvalue weighted by atomic mass is 9.86. The van der Waals surface area contributed by atoms with Gasteiger partial charge in [-0.3, -0.25) is 19.1 Å². The quantitative estimate of drug-likeness (QED) is 0.325. The Balaban J connectivity index is 1.42. The van der Waals surface area contributed by atoms with Gasteiger partial charge >= 0.3 is 0 Å². The Hall–Kier alpha value is -3.78. The monoisotopic (exact) mass is 628 g/mol. The van der Waals surface area contributed by atoms with Crippen LogP contribution in [-0.2, 0) is 24.4 Å². The van der Waals surface area contributed by atoms with Crippen molar-refractivity contribution < 1.29 is 32.3 Å². The number of benzene rings is 1. The number of fused-ring (bicyclic) bond motifs is 1. The lowest BCUT2D eigenvalue weighted by Crippen LogP contribution is -2.59. The van der Waals surface area contributed by atoms with Gasteiger partial charge in [-0.2, -0.15) is 4.98 Å². The molecule has 13 nitrogen and oxygen atoms in total. The van der Waals surface area contributed by atoms with E-state index >= 15 is 0 Å². The fraction of sp³-hybridized carbons (Fsp3) is 0.567. The fourth-order valence-electron chi connectivity index (χ4n) is 5.51. The Morgan fingerprint density at radius 1 is 1.23 bits per heavy atom. The van der Waals surface area contributed by atoms with Gasteiger partial charge in [-0.25, -0.2) is 13.4 Å². The van der Waals surface area contributed by atoms with E-state index < -0.39 is 68.1 Å². The van der Waals surface area contributed by atoms with Crippen molar-refractivity contribution in [3.05, 3.63) is 36.7 Å². The van der Waals surface area contributed by atoms with E-state index in [1.165, 1.54) is 11.0 Å². The summed E-state index contributed by atoms with van der Waals surface area (Å²) >= 11 is 0. The number of aryl methyl sites for hydroxylation is 1. The molecule has 3 aliphatic rings. The molecular formula is C30H40N6O7S. The zero-order valence-electron chi connectivity index (χ0n) is 25.6. The summed E-state index contributed by atoms with van der Waals surface area (Å²) in [6, 6.07) is 3.35. The molecule has 3 fully saturated rings. The van der Waals surface area contributed by atoms with E-state index in [-0.39, 0.29) is 25.3 Å². The first-order valence-corrected chi connectivity index (χ1v) is 16.2. The minimum atomic E-state index is -3.84. The van der Waals surface area contributed by atoms with Crippen LogP contribution in [0.5, 0.6) is 11.6 Å². The highest BCUT2D eigenvalue weighted by atomic mass is 32.2. The van der Waals surface area contributed by atoms with Gasteiger partial charge in [-0.15, -0.1) is 6.58 Å². The van der Waals surface area contributed by atoms with Gasteiger partial charge in [0, 0.05) is 12.3 Å². The molecule has 5 rings (SSSR count). The van der Waals surface area contributed by atoms with Gasteiger partial charge in [0.2, 0.25) is 27.7 Å². The second-order valence-electron chi connectivity index (χ2n) is 13.0. The number of carbonyl (C=O) groups is 3. The smallest absolute Gasteiger partial charge is 0.259 e. The highest BCUT2D eigenvalue weighted by Gasteiger charge is 2.62. The Morgan fingerprint density at radius 2 is 1.93 bits per heavy atom. The van der Waals surface area contributed by atoms with Gasteiger partial charge in [0.05, 0.1) is 35.8 Å². The normalized spacial score (nSPS) is 25.7. The molecule has 2 aromatic rings. The number of methoxy groups -OCH3 is 1. The van der Waals surface area contributed by atoms with E-state index in [4.69, 9.17) is 15.2 Å². The number of likely N-dealkylation sites (tertiary alicyclic amines) is 1. The molecule has 0 radical (unpaired) electrons. The molecule has 1 aliphatic heterocycles. The Kier molecular flexibility index (Phi) is 8.12. The van der Waals surface area contributed by atoms with E-state index in [1.807, 2.05) is 20.8 Å². The predicted molar refractivity (Wildman–Crippen MR) is 162 cm³/mol. The van der Waals surface area contributed by atoms with Gasteiger partial charge in [0.25, 0.3) is 5.91 Å². The van der Waals surface area contributed by atoms with Gasteiger partial charge in [0.1, 0.15) is 29.3 Å².